The zero-order valence-corrected chi connectivity index (χ0v) is 15.7. The van der Waals surface area contributed by atoms with Crippen LogP contribution in [0.4, 0.5) is 0 Å². The molecule has 0 aliphatic carbocycles. The van der Waals surface area contributed by atoms with Gasteiger partial charge in [-0.25, -0.2) is 0 Å². The Kier molecular flexibility index (Phi) is 6.77. The van der Waals surface area contributed by atoms with Crippen molar-refractivity contribution in [3.63, 3.8) is 0 Å². The van der Waals surface area contributed by atoms with E-state index >= 15 is 0 Å². The fourth-order valence-corrected chi connectivity index (χ4v) is 3.25. The van der Waals surface area contributed by atoms with Crippen molar-refractivity contribution in [1.29, 1.82) is 0 Å². The predicted molar refractivity (Wildman–Crippen MR) is 104 cm³/mol. The third-order valence-corrected chi connectivity index (χ3v) is 4.66. The number of ketones is 1. The molecule has 0 N–H and O–H groups in total. The van der Waals surface area contributed by atoms with Gasteiger partial charge in [-0.15, -0.1) is 12.4 Å². The Morgan fingerprint density at radius 1 is 1.00 bits per heavy atom. The van der Waals surface area contributed by atoms with Crippen LogP contribution in [-0.2, 0) is 10.2 Å². The van der Waals surface area contributed by atoms with E-state index in [1.807, 2.05) is 42.5 Å². The second-order valence-electron chi connectivity index (χ2n) is 7.05. The summed E-state index contributed by atoms with van der Waals surface area (Å²) in [4.78, 5) is 15.1. The van der Waals surface area contributed by atoms with E-state index in [-0.39, 0.29) is 23.6 Å². The molecule has 1 fully saturated rings. The molecular formula is C21H26ClNO2. The summed E-state index contributed by atoms with van der Waals surface area (Å²) in [6.45, 7) is 9.03. The van der Waals surface area contributed by atoms with Crippen LogP contribution in [0.25, 0.3) is 0 Å². The molecule has 0 spiro atoms. The van der Waals surface area contributed by atoms with Gasteiger partial charge in [0.05, 0.1) is 13.2 Å². The van der Waals surface area contributed by atoms with Gasteiger partial charge in [0.25, 0.3) is 0 Å². The number of rotatable bonds is 5. The number of morpholine rings is 1. The Hall–Kier alpha value is -1.68. The van der Waals surface area contributed by atoms with Gasteiger partial charge in [-0.3, -0.25) is 9.69 Å². The van der Waals surface area contributed by atoms with Gasteiger partial charge < -0.3 is 4.74 Å². The second-order valence-corrected chi connectivity index (χ2v) is 7.05. The smallest absolute Gasteiger partial charge is 0.193 e. The number of nitrogens with zero attached hydrogens (tertiary/aromatic N) is 1. The van der Waals surface area contributed by atoms with Crippen molar-refractivity contribution in [2.45, 2.75) is 19.3 Å². The summed E-state index contributed by atoms with van der Waals surface area (Å²) in [5.74, 6) is 0.0830. The summed E-state index contributed by atoms with van der Waals surface area (Å²) in [6, 6.07) is 17.5. The van der Waals surface area contributed by atoms with Gasteiger partial charge >= 0.3 is 0 Å². The molecule has 134 valence electrons. The summed E-state index contributed by atoms with van der Waals surface area (Å²) in [7, 11) is 0. The minimum absolute atomic E-state index is 0. The van der Waals surface area contributed by atoms with Crippen LogP contribution in [0.2, 0.25) is 0 Å². The van der Waals surface area contributed by atoms with Crippen LogP contribution in [0.15, 0.2) is 54.6 Å². The average molecular weight is 360 g/mol. The predicted octanol–water partition coefficient (Wildman–Crippen LogP) is 3.95. The van der Waals surface area contributed by atoms with Crippen LogP contribution < -0.4 is 0 Å². The van der Waals surface area contributed by atoms with Gasteiger partial charge in [0.2, 0.25) is 0 Å². The number of hydrogen-bond acceptors (Lipinski definition) is 3. The third-order valence-electron chi connectivity index (χ3n) is 4.66. The summed E-state index contributed by atoms with van der Waals surface area (Å²) in [5.41, 5.74) is 2.69. The van der Waals surface area contributed by atoms with E-state index in [4.69, 9.17) is 4.74 Å². The molecule has 2 aromatic rings. The molecule has 25 heavy (non-hydrogen) atoms. The van der Waals surface area contributed by atoms with Crippen molar-refractivity contribution in [2.24, 2.45) is 0 Å². The number of ether oxygens (including phenoxy) is 1. The molecular weight excluding hydrogens is 334 g/mol. The largest absolute Gasteiger partial charge is 0.379 e. The number of carbonyl (C=O) groups is 1. The minimum Gasteiger partial charge on any atom is -0.379 e. The standard InChI is InChI=1S/C21H25NO2.ClH/c1-21(2,16-22-11-13-24-14-12-22)19-10-6-9-18(15-19)20(23)17-7-4-3-5-8-17;/h3-10,15H,11-14,16H2,1-2H3;1H. The number of benzene rings is 2. The minimum atomic E-state index is -0.00961. The molecule has 2 aromatic carbocycles. The second kappa shape index (κ2) is 8.61. The lowest BCUT2D eigenvalue weighted by molar-refractivity contribution is 0.0295. The fraction of sp³-hybridized carbons (Fsp3) is 0.381. The number of halogens is 1. The first-order valence-corrected chi connectivity index (χ1v) is 8.57. The van der Waals surface area contributed by atoms with E-state index in [0.29, 0.717) is 0 Å². The lowest BCUT2D eigenvalue weighted by Gasteiger charge is -2.35. The zero-order valence-electron chi connectivity index (χ0n) is 14.9. The van der Waals surface area contributed by atoms with Crippen LogP contribution in [0.1, 0.15) is 35.3 Å². The highest BCUT2D eigenvalue weighted by Crippen LogP contribution is 2.26. The molecule has 1 heterocycles. The van der Waals surface area contributed by atoms with Gasteiger partial charge in [0.1, 0.15) is 0 Å². The molecule has 0 radical (unpaired) electrons. The average Bonchev–Trinajstić information content (AvgIpc) is 2.62. The Balaban J connectivity index is 0.00000225. The summed E-state index contributed by atoms with van der Waals surface area (Å²) in [5, 5.41) is 0. The van der Waals surface area contributed by atoms with E-state index in [9.17, 15) is 4.79 Å². The molecule has 0 bridgehead atoms. The highest BCUT2D eigenvalue weighted by Gasteiger charge is 2.26. The Morgan fingerprint density at radius 2 is 1.64 bits per heavy atom. The highest BCUT2D eigenvalue weighted by atomic mass is 35.5. The summed E-state index contributed by atoms with van der Waals surface area (Å²) in [6.07, 6.45) is 0. The van der Waals surface area contributed by atoms with Crippen molar-refractivity contribution in [2.75, 3.05) is 32.8 Å². The van der Waals surface area contributed by atoms with Crippen molar-refractivity contribution < 1.29 is 9.53 Å². The fourth-order valence-electron chi connectivity index (χ4n) is 3.25. The Bertz CT molecular complexity index is 694. The molecule has 3 rings (SSSR count). The molecule has 0 atom stereocenters. The molecule has 0 aromatic heterocycles. The van der Waals surface area contributed by atoms with Crippen LogP contribution in [0.5, 0.6) is 0 Å². The van der Waals surface area contributed by atoms with Gasteiger partial charge in [-0.1, -0.05) is 62.4 Å². The van der Waals surface area contributed by atoms with Crippen LogP contribution in [0.3, 0.4) is 0 Å². The van der Waals surface area contributed by atoms with Crippen molar-refractivity contribution in [3.05, 3.63) is 71.3 Å². The Morgan fingerprint density at radius 3 is 2.32 bits per heavy atom. The maximum absolute atomic E-state index is 12.7. The van der Waals surface area contributed by atoms with E-state index in [1.165, 1.54) is 5.56 Å². The number of hydrogen-bond donors (Lipinski definition) is 0. The Labute approximate surface area is 156 Å². The van der Waals surface area contributed by atoms with Crippen LogP contribution in [0, 0.1) is 0 Å². The quantitative estimate of drug-likeness (QED) is 0.757. The SMILES string of the molecule is CC(C)(CN1CCOCC1)c1cccc(C(=O)c2ccccc2)c1.Cl. The maximum atomic E-state index is 12.7. The summed E-state index contributed by atoms with van der Waals surface area (Å²) >= 11 is 0. The molecule has 4 heteroatoms. The third kappa shape index (κ3) is 4.91. The van der Waals surface area contributed by atoms with Gasteiger partial charge in [0.15, 0.2) is 5.78 Å². The van der Waals surface area contributed by atoms with Crippen molar-refractivity contribution in [3.8, 4) is 0 Å². The highest BCUT2D eigenvalue weighted by molar-refractivity contribution is 6.09. The first kappa shape index (κ1) is 19.6. The van der Waals surface area contributed by atoms with E-state index in [2.05, 4.69) is 30.9 Å². The molecule has 0 unspecified atom stereocenters. The van der Waals surface area contributed by atoms with Crippen LogP contribution in [-0.4, -0.2) is 43.5 Å². The van der Waals surface area contributed by atoms with E-state index < -0.39 is 0 Å². The zero-order chi connectivity index (χ0) is 17.0. The van der Waals surface area contributed by atoms with Gasteiger partial charge in [0, 0.05) is 36.2 Å². The topological polar surface area (TPSA) is 29.5 Å². The lowest BCUT2D eigenvalue weighted by atomic mass is 9.82. The maximum Gasteiger partial charge on any atom is 0.193 e. The van der Waals surface area contributed by atoms with Crippen LogP contribution >= 0.6 is 12.4 Å². The monoisotopic (exact) mass is 359 g/mol. The van der Waals surface area contributed by atoms with E-state index in [0.717, 1.165) is 44.0 Å². The van der Waals surface area contributed by atoms with Crippen molar-refractivity contribution >= 4 is 18.2 Å². The molecule has 1 saturated heterocycles. The molecule has 0 amide bonds. The molecule has 0 saturated carbocycles. The first-order valence-electron chi connectivity index (χ1n) is 8.57. The van der Waals surface area contributed by atoms with Crippen molar-refractivity contribution in [1.82, 2.24) is 4.90 Å². The molecule has 1 aliphatic heterocycles. The molecule has 3 nitrogen and oxygen atoms in total. The van der Waals surface area contributed by atoms with E-state index in [1.54, 1.807) is 0 Å². The number of carbonyl (C=O) groups excluding carboxylic acids is 1. The molecule has 1 aliphatic rings. The first-order chi connectivity index (χ1) is 11.6. The summed E-state index contributed by atoms with van der Waals surface area (Å²) < 4.78 is 5.43. The van der Waals surface area contributed by atoms with Gasteiger partial charge in [-0.05, 0) is 11.6 Å². The van der Waals surface area contributed by atoms with Gasteiger partial charge in [-0.2, -0.15) is 0 Å². The normalized spacial score (nSPS) is 15.4. The lowest BCUT2D eigenvalue weighted by Crippen LogP contribution is -2.43.